The molecule has 0 spiro atoms. The van der Waals surface area contributed by atoms with Crippen LogP contribution < -0.4 is 14.4 Å². The average molecular weight is 586 g/mol. The van der Waals surface area contributed by atoms with Crippen molar-refractivity contribution in [1.29, 1.82) is 0 Å². The van der Waals surface area contributed by atoms with Gasteiger partial charge in [0.1, 0.15) is 12.2 Å². The molecular formula is C30H36ClN3O7. The fourth-order valence-corrected chi connectivity index (χ4v) is 5.09. The third-order valence-electron chi connectivity index (χ3n) is 6.68. The number of methoxy groups -OCH3 is 2. The van der Waals surface area contributed by atoms with Gasteiger partial charge in [-0.25, -0.2) is 0 Å². The summed E-state index contributed by atoms with van der Waals surface area (Å²) in [6.07, 6.45) is -0.00771. The molecular weight excluding hydrogens is 550 g/mol. The highest BCUT2D eigenvalue weighted by atomic mass is 35.5. The number of benzene rings is 2. The summed E-state index contributed by atoms with van der Waals surface area (Å²) >= 11 is 6.49. The molecule has 11 heteroatoms. The minimum absolute atomic E-state index is 0.0879. The summed E-state index contributed by atoms with van der Waals surface area (Å²) in [4.78, 5) is 31.1. The maximum atomic E-state index is 14.1. The van der Waals surface area contributed by atoms with Gasteiger partial charge in [-0.3, -0.25) is 9.59 Å². The number of amides is 1. The number of aliphatic carboxylic acids is 1. The second-order valence-electron chi connectivity index (χ2n) is 11.2. The Hall–Kier alpha value is -3.63. The Kier molecular flexibility index (Phi) is 9.55. The number of nitrogens with zero attached hydrogens (tertiary/aromatic N) is 3. The van der Waals surface area contributed by atoms with Crippen molar-refractivity contribution in [3.05, 3.63) is 64.3 Å². The van der Waals surface area contributed by atoms with Crippen LogP contribution in [0.4, 0.5) is 5.69 Å². The number of anilines is 1. The van der Waals surface area contributed by atoms with Gasteiger partial charge in [-0.2, -0.15) is 4.98 Å². The minimum atomic E-state index is -0.932. The van der Waals surface area contributed by atoms with Crippen molar-refractivity contribution in [3.63, 3.8) is 0 Å². The van der Waals surface area contributed by atoms with Crippen molar-refractivity contribution in [2.24, 2.45) is 5.41 Å². The van der Waals surface area contributed by atoms with Gasteiger partial charge >= 0.3 is 5.97 Å². The number of ether oxygens (including phenoxy) is 3. The monoisotopic (exact) mass is 585 g/mol. The summed E-state index contributed by atoms with van der Waals surface area (Å²) in [6.45, 7) is 6.71. The van der Waals surface area contributed by atoms with Crippen molar-refractivity contribution >= 4 is 29.2 Å². The van der Waals surface area contributed by atoms with E-state index in [4.69, 9.17) is 35.4 Å². The Bertz CT molecular complexity index is 1380. The van der Waals surface area contributed by atoms with Crippen LogP contribution in [0.25, 0.3) is 0 Å². The van der Waals surface area contributed by atoms with Gasteiger partial charge in [0.15, 0.2) is 17.3 Å². The molecule has 1 amide bonds. The van der Waals surface area contributed by atoms with Crippen molar-refractivity contribution in [1.82, 2.24) is 10.1 Å². The third kappa shape index (κ3) is 7.37. The van der Waals surface area contributed by atoms with Crippen molar-refractivity contribution in [2.45, 2.75) is 65.1 Å². The molecule has 0 saturated heterocycles. The fourth-order valence-electron chi connectivity index (χ4n) is 4.91. The van der Waals surface area contributed by atoms with Crippen LogP contribution in [0.3, 0.4) is 0 Å². The number of carboxylic acids is 1. The van der Waals surface area contributed by atoms with Gasteiger partial charge in [0, 0.05) is 41.2 Å². The molecule has 10 nitrogen and oxygen atoms in total. The van der Waals surface area contributed by atoms with Crippen LogP contribution >= 0.6 is 11.6 Å². The highest BCUT2D eigenvalue weighted by Crippen LogP contribution is 2.45. The summed E-state index contributed by atoms with van der Waals surface area (Å²) in [6, 6.07) is 11.0. The van der Waals surface area contributed by atoms with Crippen LogP contribution in [0.1, 0.15) is 69.0 Å². The van der Waals surface area contributed by atoms with E-state index in [0.717, 1.165) is 11.3 Å². The number of carbonyl (C=O) groups is 2. The summed E-state index contributed by atoms with van der Waals surface area (Å²) in [7, 11) is 3.14. The molecule has 1 aliphatic heterocycles. The van der Waals surface area contributed by atoms with Gasteiger partial charge in [-0.15, -0.1) is 0 Å². The molecule has 4 rings (SSSR count). The van der Waals surface area contributed by atoms with E-state index < -0.39 is 18.2 Å². The Labute approximate surface area is 244 Å². The zero-order valence-corrected chi connectivity index (χ0v) is 24.7. The first kappa shape index (κ1) is 30.3. The Balaban J connectivity index is 1.68. The van der Waals surface area contributed by atoms with E-state index in [1.807, 2.05) is 30.3 Å². The van der Waals surface area contributed by atoms with Gasteiger partial charge in [0.25, 0.3) is 5.91 Å². The fraction of sp³-hybridized carbons (Fsp3) is 0.467. The number of carbonyl (C=O) groups excluding carboxylic acids is 1. The number of aromatic nitrogens is 2. The lowest BCUT2D eigenvalue weighted by Crippen LogP contribution is -2.43. The van der Waals surface area contributed by atoms with E-state index in [9.17, 15) is 9.59 Å². The molecule has 220 valence electrons. The molecule has 0 radical (unpaired) electrons. The smallest absolute Gasteiger partial charge is 0.303 e. The average Bonchev–Trinajstić information content (AvgIpc) is 3.35. The van der Waals surface area contributed by atoms with E-state index in [2.05, 4.69) is 30.9 Å². The van der Waals surface area contributed by atoms with Crippen LogP contribution in [-0.4, -0.2) is 54.0 Å². The van der Waals surface area contributed by atoms with E-state index in [1.165, 1.54) is 0 Å². The highest BCUT2D eigenvalue weighted by Gasteiger charge is 2.39. The lowest BCUT2D eigenvalue weighted by Gasteiger charge is -2.31. The third-order valence-corrected chi connectivity index (χ3v) is 6.92. The predicted molar refractivity (Wildman–Crippen MR) is 153 cm³/mol. The van der Waals surface area contributed by atoms with Crippen molar-refractivity contribution in [3.8, 4) is 11.5 Å². The number of hydrogen-bond acceptors (Lipinski definition) is 8. The Morgan fingerprint density at radius 3 is 2.59 bits per heavy atom. The van der Waals surface area contributed by atoms with Gasteiger partial charge in [0.2, 0.25) is 5.89 Å². The SMILES string of the molecule is COc1cccc(C2OC(CCCc3noc(CCC(=O)O)n3)C(=O)N(CC(C)(C)C)c3ccc(Cl)cc32)c1OC. The van der Waals surface area contributed by atoms with Gasteiger partial charge < -0.3 is 28.7 Å². The molecule has 0 bridgehead atoms. The van der Waals surface area contributed by atoms with E-state index in [1.54, 1.807) is 25.2 Å². The first-order chi connectivity index (χ1) is 19.5. The second kappa shape index (κ2) is 12.9. The molecule has 1 aromatic heterocycles. The van der Waals surface area contributed by atoms with Crippen LogP contribution in [0, 0.1) is 5.41 Å². The molecule has 0 saturated carbocycles. The number of halogens is 1. The molecule has 0 aliphatic carbocycles. The minimum Gasteiger partial charge on any atom is -0.493 e. The normalized spacial score (nSPS) is 17.2. The lowest BCUT2D eigenvalue weighted by atomic mass is 9.94. The first-order valence-corrected chi connectivity index (χ1v) is 13.9. The number of para-hydroxylation sites is 1. The zero-order valence-electron chi connectivity index (χ0n) is 24.0. The summed E-state index contributed by atoms with van der Waals surface area (Å²) in [5.74, 6) is 0.715. The van der Waals surface area contributed by atoms with Gasteiger partial charge in [-0.1, -0.05) is 49.7 Å². The number of hydrogen-bond donors (Lipinski definition) is 1. The summed E-state index contributed by atoms with van der Waals surface area (Å²) < 4.78 is 23.2. The Morgan fingerprint density at radius 1 is 1.12 bits per heavy atom. The largest absolute Gasteiger partial charge is 0.493 e. The molecule has 1 N–H and O–H groups in total. The maximum absolute atomic E-state index is 14.1. The van der Waals surface area contributed by atoms with E-state index in [-0.39, 0.29) is 30.1 Å². The second-order valence-corrected chi connectivity index (χ2v) is 11.6. The van der Waals surface area contributed by atoms with Crippen molar-refractivity contribution in [2.75, 3.05) is 25.7 Å². The van der Waals surface area contributed by atoms with E-state index in [0.29, 0.717) is 53.7 Å². The van der Waals surface area contributed by atoms with Gasteiger partial charge in [-0.05, 0) is 42.5 Å². The van der Waals surface area contributed by atoms with Crippen LogP contribution in [-0.2, 0) is 27.2 Å². The number of aryl methyl sites for hydroxylation is 2. The summed E-state index contributed by atoms with van der Waals surface area (Å²) in [5.41, 5.74) is 2.01. The molecule has 2 heterocycles. The standard InChI is InChI=1S/C30H36ClN3O7/c1-30(2,3)17-34-21-13-12-18(31)16-20(21)27(19-8-6-9-22(38-4)28(19)39-5)40-23(29(34)37)10-7-11-24-32-25(41-33-24)14-15-26(35)36/h6,8-9,12-13,16,23,27H,7,10-11,14-15,17H2,1-5H3,(H,35,36). The van der Waals surface area contributed by atoms with E-state index >= 15 is 0 Å². The maximum Gasteiger partial charge on any atom is 0.303 e. The van der Waals surface area contributed by atoms with Gasteiger partial charge in [0.05, 0.1) is 20.6 Å². The molecule has 1 aliphatic rings. The zero-order chi connectivity index (χ0) is 29.7. The molecule has 2 atom stereocenters. The number of rotatable bonds is 11. The molecule has 2 unspecified atom stereocenters. The topological polar surface area (TPSA) is 124 Å². The quantitative estimate of drug-likeness (QED) is 0.304. The van der Waals surface area contributed by atoms with Crippen LogP contribution in [0.15, 0.2) is 40.9 Å². The van der Waals surface area contributed by atoms with Crippen molar-refractivity contribution < 1.29 is 33.4 Å². The number of fused-ring (bicyclic) bond motifs is 1. The Morgan fingerprint density at radius 2 is 1.90 bits per heavy atom. The van der Waals surface area contributed by atoms with Crippen LogP contribution in [0.5, 0.6) is 11.5 Å². The van der Waals surface area contributed by atoms with Crippen LogP contribution in [0.2, 0.25) is 5.02 Å². The molecule has 41 heavy (non-hydrogen) atoms. The highest BCUT2D eigenvalue weighted by molar-refractivity contribution is 6.30. The summed E-state index contributed by atoms with van der Waals surface area (Å²) in [5, 5.41) is 13.4. The first-order valence-electron chi connectivity index (χ1n) is 13.5. The lowest BCUT2D eigenvalue weighted by molar-refractivity contribution is -0.137. The number of carboxylic acid groups (broad SMARTS) is 1. The predicted octanol–water partition coefficient (Wildman–Crippen LogP) is 5.65. The molecule has 2 aromatic carbocycles. The molecule has 3 aromatic rings. The molecule has 0 fully saturated rings.